The molecule has 0 atom stereocenters. The molecule has 0 aliphatic carbocycles. The third kappa shape index (κ3) is 3.85. The summed E-state index contributed by atoms with van der Waals surface area (Å²) >= 11 is 0. The van der Waals surface area contributed by atoms with E-state index in [4.69, 9.17) is 0 Å². The second kappa shape index (κ2) is 6.19. The number of benzene rings is 2. The maximum Gasteiger partial charge on any atom is 0.261 e. The Morgan fingerprint density at radius 3 is 2.05 bits per heavy atom. The summed E-state index contributed by atoms with van der Waals surface area (Å²) in [4.78, 5) is 11.2. The van der Waals surface area contributed by atoms with Crippen LogP contribution in [0.4, 0.5) is 11.4 Å². The van der Waals surface area contributed by atoms with Gasteiger partial charge in [-0.05, 0) is 61.4 Å². The van der Waals surface area contributed by atoms with Crippen LogP contribution in [-0.4, -0.2) is 14.3 Å². The van der Waals surface area contributed by atoms with Gasteiger partial charge in [0.15, 0.2) is 0 Å². The minimum absolute atomic E-state index is 0.177. The quantitative estimate of drug-likeness (QED) is 0.909. The Morgan fingerprint density at radius 2 is 1.50 bits per heavy atom. The highest BCUT2D eigenvalue weighted by atomic mass is 32.2. The molecule has 1 amide bonds. The molecule has 22 heavy (non-hydrogen) atoms. The van der Waals surface area contributed by atoms with Crippen LogP contribution >= 0.6 is 0 Å². The van der Waals surface area contributed by atoms with Gasteiger partial charge in [0.05, 0.1) is 4.90 Å². The fourth-order valence-corrected chi connectivity index (χ4v) is 3.06. The Hall–Kier alpha value is -2.34. The van der Waals surface area contributed by atoms with Crippen molar-refractivity contribution in [2.24, 2.45) is 0 Å². The lowest BCUT2D eigenvalue weighted by molar-refractivity contribution is -0.114. The van der Waals surface area contributed by atoms with Gasteiger partial charge in [0.2, 0.25) is 5.91 Å². The molecule has 0 aliphatic rings. The topological polar surface area (TPSA) is 75.3 Å². The average molecular weight is 318 g/mol. The highest BCUT2D eigenvalue weighted by Gasteiger charge is 2.14. The van der Waals surface area contributed by atoms with E-state index in [0.29, 0.717) is 11.4 Å². The second-order valence-electron chi connectivity index (χ2n) is 5.11. The maximum absolute atomic E-state index is 12.3. The first kappa shape index (κ1) is 16.0. The van der Waals surface area contributed by atoms with Crippen LogP contribution in [0.2, 0.25) is 0 Å². The zero-order valence-corrected chi connectivity index (χ0v) is 13.5. The molecule has 2 N–H and O–H groups in total. The lowest BCUT2D eigenvalue weighted by Gasteiger charge is -2.10. The maximum atomic E-state index is 12.3. The molecular weight excluding hydrogens is 300 g/mol. The Kier molecular flexibility index (Phi) is 4.51. The lowest BCUT2D eigenvalue weighted by Crippen LogP contribution is -2.13. The lowest BCUT2D eigenvalue weighted by atomic mass is 10.1. The first-order chi connectivity index (χ1) is 10.3. The molecule has 0 heterocycles. The standard InChI is InChI=1S/C16H18N2O3S/c1-11-4-9-16(10-12(11)2)22(20,21)18-15-7-5-14(6-8-15)17-13(3)19/h4-10,18H,1-3H3,(H,17,19). The van der Waals surface area contributed by atoms with E-state index < -0.39 is 10.0 Å². The summed E-state index contributed by atoms with van der Waals surface area (Å²) in [5.74, 6) is -0.177. The third-order valence-electron chi connectivity index (χ3n) is 3.25. The van der Waals surface area contributed by atoms with Gasteiger partial charge < -0.3 is 5.32 Å². The number of amides is 1. The van der Waals surface area contributed by atoms with Crippen LogP contribution in [0.15, 0.2) is 47.4 Å². The smallest absolute Gasteiger partial charge is 0.261 e. The van der Waals surface area contributed by atoms with Crippen molar-refractivity contribution in [3.05, 3.63) is 53.6 Å². The molecule has 0 bridgehead atoms. The number of anilines is 2. The van der Waals surface area contributed by atoms with Crippen molar-refractivity contribution in [2.45, 2.75) is 25.7 Å². The number of sulfonamides is 1. The molecule has 0 saturated carbocycles. The number of hydrogen-bond donors (Lipinski definition) is 2. The van der Waals surface area contributed by atoms with Gasteiger partial charge in [-0.3, -0.25) is 9.52 Å². The van der Waals surface area contributed by atoms with Gasteiger partial charge in [-0.25, -0.2) is 8.42 Å². The van der Waals surface area contributed by atoms with Crippen LogP contribution in [0.3, 0.4) is 0 Å². The van der Waals surface area contributed by atoms with E-state index in [2.05, 4.69) is 10.0 Å². The molecule has 0 radical (unpaired) electrons. The van der Waals surface area contributed by atoms with Crippen LogP contribution in [0.5, 0.6) is 0 Å². The highest BCUT2D eigenvalue weighted by molar-refractivity contribution is 7.92. The number of rotatable bonds is 4. The summed E-state index contributed by atoms with van der Waals surface area (Å²) in [5, 5.41) is 2.62. The molecule has 2 rings (SSSR count). The number of aryl methyl sites for hydroxylation is 2. The number of carbonyl (C=O) groups is 1. The molecule has 2 aromatic rings. The summed E-state index contributed by atoms with van der Waals surface area (Å²) in [6.07, 6.45) is 0. The monoisotopic (exact) mass is 318 g/mol. The largest absolute Gasteiger partial charge is 0.326 e. The highest BCUT2D eigenvalue weighted by Crippen LogP contribution is 2.20. The van der Waals surface area contributed by atoms with Gasteiger partial charge in [0, 0.05) is 18.3 Å². The number of carbonyl (C=O) groups excluding carboxylic acids is 1. The molecule has 0 aromatic heterocycles. The van der Waals surface area contributed by atoms with Crippen molar-refractivity contribution in [3.8, 4) is 0 Å². The SMILES string of the molecule is CC(=O)Nc1ccc(NS(=O)(=O)c2ccc(C)c(C)c2)cc1. The fourth-order valence-electron chi connectivity index (χ4n) is 1.92. The van der Waals surface area contributed by atoms with Gasteiger partial charge in [0.25, 0.3) is 10.0 Å². The van der Waals surface area contributed by atoms with E-state index >= 15 is 0 Å². The van der Waals surface area contributed by atoms with Gasteiger partial charge in [-0.2, -0.15) is 0 Å². The second-order valence-corrected chi connectivity index (χ2v) is 6.79. The van der Waals surface area contributed by atoms with E-state index in [1.165, 1.54) is 6.92 Å². The first-order valence-corrected chi connectivity index (χ1v) is 8.24. The molecule has 6 heteroatoms. The number of hydrogen-bond acceptors (Lipinski definition) is 3. The van der Waals surface area contributed by atoms with Crippen molar-refractivity contribution in [3.63, 3.8) is 0 Å². The van der Waals surface area contributed by atoms with Crippen LogP contribution in [0.1, 0.15) is 18.1 Å². The van der Waals surface area contributed by atoms with Crippen LogP contribution < -0.4 is 10.0 Å². The van der Waals surface area contributed by atoms with Crippen LogP contribution in [0.25, 0.3) is 0 Å². The Bertz CT molecular complexity index is 797. The molecule has 0 fully saturated rings. The molecule has 5 nitrogen and oxygen atoms in total. The van der Waals surface area contributed by atoms with E-state index in [-0.39, 0.29) is 10.8 Å². The Labute approximate surface area is 130 Å². The van der Waals surface area contributed by atoms with Crippen molar-refractivity contribution in [2.75, 3.05) is 10.0 Å². The molecule has 0 unspecified atom stereocenters. The average Bonchev–Trinajstić information content (AvgIpc) is 2.43. The first-order valence-electron chi connectivity index (χ1n) is 6.76. The minimum Gasteiger partial charge on any atom is -0.326 e. The van der Waals surface area contributed by atoms with Gasteiger partial charge >= 0.3 is 0 Å². The van der Waals surface area contributed by atoms with E-state index in [9.17, 15) is 13.2 Å². The molecule has 0 aliphatic heterocycles. The van der Waals surface area contributed by atoms with Crippen LogP contribution in [-0.2, 0) is 14.8 Å². The fraction of sp³-hybridized carbons (Fsp3) is 0.188. The zero-order valence-electron chi connectivity index (χ0n) is 12.7. The summed E-state index contributed by atoms with van der Waals surface area (Å²) in [5.41, 5.74) is 3.01. The van der Waals surface area contributed by atoms with Gasteiger partial charge in [0.1, 0.15) is 0 Å². The summed E-state index contributed by atoms with van der Waals surface area (Å²) in [7, 11) is -3.63. The summed E-state index contributed by atoms with van der Waals surface area (Å²) in [6, 6.07) is 11.5. The zero-order chi connectivity index (χ0) is 16.3. The van der Waals surface area contributed by atoms with E-state index in [1.807, 2.05) is 13.8 Å². The van der Waals surface area contributed by atoms with E-state index in [0.717, 1.165) is 11.1 Å². The predicted molar refractivity (Wildman–Crippen MR) is 87.5 cm³/mol. The summed E-state index contributed by atoms with van der Waals surface area (Å²) in [6.45, 7) is 5.22. The molecular formula is C16H18N2O3S. The minimum atomic E-state index is -3.63. The van der Waals surface area contributed by atoms with Crippen molar-refractivity contribution in [1.29, 1.82) is 0 Å². The summed E-state index contributed by atoms with van der Waals surface area (Å²) < 4.78 is 27.2. The number of nitrogens with one attached hydrogen (secondary N) is 2. The van der Waals surface area contributed by atoms with Gasteiger partial charge in [-0.1, -0.05) is 6.07 Å². The van der Waals surface area contributed by atoms with Crippen molar-refractivity contribution >= 4 is 27.3 Å². The van der Waals surface area contributed by atoms with E-state index in [1.54, 1.807) is 42.5 Å². The Balaban J connectivity index is 2.21. The molecule has 116 valence electrons. The third-order valence-corrected chi connectivity index (χ3v) is 4.63. The predicted octanol–water partition coefficient (Wildman–Crippen LogP) is 3.06. The van der Waals surface area contributed by atoms with Crippen LogP contribution in [0, 0.1) is 13.8 Å². The normalized spacial score (nSPS) is 11.0. The molecule has 2 aromatic carbocycles. The van der Waals surface area contributed by atoms with Gasteiger partial charge in [-0.15, -0.1) is 0 Å². The Morgan fingerprint density at radius 1 is 0.909 bits per heavy atom. The van der Waals surface area contributed by atoms with Crippen molar-refractivity contribution in [1.82, 2.24) is 0 Å². The van der Waals surface area contributed by atoms with Crippen molar-refractivity contribution < 1.29 is 13.2 Å². The molecule has 0 spiro atoms. The molecule has 0 saturated heterocycles.